The normalized spacial score (nSPS) is 14.8. The van der Waals surface area contributed by atoms with Gasteiger partial charge in [-0.2, -0.15) is 0 Å². The second-order valence-electron chi connectivity index (χ2n) is 7.88. The molecule has 0 saturated carbocycles. The lowest BCUT2D eigenvalue weighted by Crippen LogP contribution is -2.24. The summed E-state index contributed by atoms with van der Waals surface area (Å²) in [5, 5.41) is 3.62. The number of fused-ring (bicyclic) bond motifs is 2. The van der Waals surface area contributed by atoms with E-state index in [1.54, 1.807) is 22.8 Å². The van der Waals surface area contributed by atoms with Gasteiger partial charge in [0, 0.05) is 24.2 Å². The van der Waals surface area contributed by atoms with Crippen LogP contribution in [0.15, 0.2) is 47.3 Å². The van der Waals surface area contributed by atoms with Crippen LogP contribution in [0.3, 0.4) is 0 Å². The number of nitrogens with zero attached hydrogens (tertiary/aromatic N) is 2. The molecule has 4 rings (SSSR count). The first kappa shape index (κ1) is 19.4. The van der Waals surface area contributed by atoms with Crippen molar-refractivity contribution in [3.05, 3.63) is 69.8 Å². The Morgan fingerprint density at radius 1 is 1.17 bits per heavy atom. The fourth-order valence-electron chi connectivity index (χ4n) is 4.01. The summed E-state index contributed by atoms with van der Waals surface area (Å²) < 4.78 is 1.80. The lowest BCUT2D eigenvalue weighted by atomic mass is 9.96. The summed E-state index contributed by atoms with van der Waals surface area (Å²) in [6.45, 7) is 5.02. The third kappa shape index (κ3) is 3.82. The molecule has 0 saturated heterocycles. The first-order valence-corrected chi connectivity index (χ1v) is 10.5. The first-order chi connectivity index (χ1) is 14.1. The van der Waals surface area contributed by atoms with Crippen molar-refractivity contribution in [2.24, 2.45) is 0 Å². The number of aryl methyl sites for hydroxylation is 1. The molecule has 5 heteroatoms. The van der Waals surface area contributed by atoms with E-state index in [-0.39, 0.29) is 11.5 Å². The monoisotopic (exact) mass is 389 g/mol. The summed E-state index contributed by atoms with van der Waals surface area (Å²) in [4.78, 5) is 30.5. The number of nitrogens with one attached hydrogen (secondary N) is 1. The number of hydrogen-bond donors (Lipinski definition) is 1. The number of amides is 1. The van der Waals surface area contributed by atoms with Gasteiger partial charge < -0.3 is 5.32 Å². The minimum absolute atomic E-state index is 0.000902. The van der Waals surface area contributed by atoms with Crippen LogP contribution >= 0.6 is 0 Å². The van der Waals surface area contributed by atoms with Crippen molar-refractivity contribution in [2.45, 2.75) is 58.4 Å². The van der Waals surface area contributed by atoms with Crippen molar-refractivity contribution in [1.29, 1.82) is 0 Å². The van der Waals surface area contributed by atoms with E-state index in [1.807, 2.05) is 18.2 Å². The Kier molecular flexibility index (Phi) is 5.47. The molecule has 1 amide bonds. The summed E-state index contributed by atoms with van der Waals surface area (Å²) in [6.07, 6.45) is 4.98. The highest BCUT2D eigenvalue weighted by Gasteiger charge is 2.16. The van der Waals surface area contributed by atoms with E-state index >= 15 is 0 Å². The molecule has 0 unspecified atom stereocenters. The van der Waals surface area contributed by atoms with E-state index < -0.39 is 0 Å². The van der Waals surface area contributed by atoms with Gasteiger partial charge in [0.1, 0.15) is 5.82 Å². The summed E-state index contributed by atoms with van der Waals surface area (Å²) in [5.41, 5.74) is 3.08. The molecule has 0 spiro atoms. The van der Waals surface area contributed by atoms with E-state index in [4.69, 9.17) is 4.98 Å². The molecule has 1 aromatic heterocycles. The van der Waals surface area contributed by atoms with Gasteiger partial charge in [-0.15, -0.1) is 0 Å². The average molecular weight is 389 g/mol. The Morgan fingerprint density at radius 3 is 2.83 bits per heavy atom. The van der Waals surface area contributed by atoms with E-state index in [1.165, 1.54) is 0 Å². The van der Waals surface area contributed by atoms with Crippen molar-refractivity contribution >= 4 is 22.5 Å². The number of benzene rings is 2. The minimum atomic E-state index is -0.181. The number of rotatable bonds is 4. The Bertz CT molecular complexity index is 1120. The number of carbonyl (C=O) groups excluding carboxylic acids is 1. The summed E-state index contributed by atoms with van der Waals surface area (Å²) in [5.74, 6) is 1.01. The maximum atomic E-state index is 12.9. The van der Waals surface area contributed by atoms with Crippen molar-refractivity contribution in [1.82, 2.24) is 9.55 Å². The van der Waals surface area contributed by atoms with Gasteiger partial charge in [0.15, 0.2) is 0 Å². The van der Waals surface area contributed by atoms with Gasteiger partial charge >= 0.3 is 0 Å². The van der Waals surface area contributed by atoms with Crippen LogP contribution in [0.2, 0.25) is 0 Å². The van der Waals surface area contributed by atoms with Crippen molar-refractivity contribution < 1.29 is 4.79 Å². The van der Waals surface area contributed by atoms with E-state index in [2.05, 4.69) is 25.2 Å². The molecule has 1 atom stereocenters. The quantitative estimate of drug-likeness (QED) is 0.691. The van der Waals surface area contributed by atoms with Crippen LogP contribution < -0.4 is 10.9 Å². The second kappa shape index (κ2) is 8.19. The molecule has 1 aliphatic rings. The number of anilines is 1. The number of hydrogen-bond acceptors (Lipinski definition) is 3. The summed E-state index contributed by atoms with van der Waals surface area (Å²) in [6, 6.07) is 13.1. The van der Waals surface area contributed by atoms with E-state index in [9.17, 15) is 9.59 Å². The standard InChI is InChI=1S/C24H27N3O2/c1-3-16(2)18-9-6-7-10-20(18)26-23(28)17-12-13-19-21(15-17)25-22-11-5-4-8-14-27(22)24(19)29/h6-7,9-10,12-13,15-16H,3-5,8,11,14H2,1-2H3,(H,26,28)/t16-/m1/s1. The molecule has 29 heavy (non-hydrogen) atoms. The Hall–Kier alpha value is -2.95. The van der Waals surface area contributed by atoms with Crippen LogP contribution in [0.25, 0.3) is 10.9 Å². The molecule has 2 heterocycles. The SMILES string of the molecule is CC[C@@H](C)c1ccccc1NC(=O)c1ccc2c(=O)n3c(nc2c1)CCCCC3. The number of para-hydroxylation sites is 1. The Labute approximate surface area is 170 Å². The van der Waals surface area contributed by atoms with Gasteiger partial charge in [-0.3, -0.25) is 14.2 Å². The zero-order valence-electron chi connectivity index (χ0n) is 17.1. The first-order valence-electron chi connectivity index (χ1n) is 10.5. The Morgan fingerprint density at radius 2 is 2.00 bits per heavy atom. The zero-order chi connectivity index (χ0) is 20.4. The summed E-state index contributed by atoms with van der Waals surface area (Å²) in [7, 11) is 0. The Balaban J connectivity index is 1.68. The molecule has 0 radical (unpaired) electrons. The van der Waals surface area contributed by atoms with Gasteiger partial charge in [0.25, 0.3) is 11.5 Å². The maximum absolute atomic E-state index is 12.9. The smallest absolute Gasteiger partial charge is 0.261 e. The predicted molar refractivity (Wildman–Crippen MR) is 117 cm³/mol. The molecule has 5 nitrogen and oxygen atoms in total. The minimum Gasteiger partial charge on any atom is -0.322 e. The molecule has 0 bridgehead atoms. The highest BCUT2D eigenvalue weighted by atomic mass is 16.1. The molecule has 0 aliphatic carbocycles. The predicted octanol–water partition coefficient (Wildman–Crippen LogP) is 4.89. The van der Waals surface area contributed by atoms with Gasteiger partial charge in [-0.05, 0) is 55.0 Å². The zero-order valence-corrected chi connectivity index (χ0v) is 17.1. The van der Waals surface area contributed by atoms with Gasteiger partial charge in [0.2, 0.25) is 0 Å². The third-order valence-electron chi connectivity index (χ3n) is 5.93. The lowest BCUT2D eigenvalue weighted by Gasteiger charge is -2.16. The fourth-order valence-corrected chi connectivity index (χ4v) is 4.01. The fraction of sp³-hybridized carbons (Fsp3) is 0.375. The molecule has 3 aromatic rings. The molecule has 1 N–H and O–H groups in total. The number of carbonyl (C=O) groups is 1. The van der Waals surface area contributed by atoms with Crippen LogP contribution in [0.1, 0.15) is 67.2 Å². The van der Waals surface area contributed by atoms with Crippen molar-refractivity contribution in [3.63, 3.8) is 0 Å². The second-order valence-corrected chi connectivity index (χ2v) is 7.88. The third-order valence-corrected chi connectivity index (χ3v) is 5.93. The lowest BCUT2D eigenvalue weighted by molar-refractivity contribution is 0.102. The van der Waals surface area contributed by atoms with Crippen LogP contribution in [0.4, 0.5) is 5.69 Å². The molecular weight excluding hydrogens is 362 g/mol. The van der Waals surface area contributed by atoms with Gasteiger partial charge in [0.05, 0.1) is 10.9 Å². The average Bonchev–Trinajstić information content (AvgIpc) is 2.99. The van der Waals surface area contributed by atoms with Gasteiger partial charge in [-0.1, -0.05) is 38.5 Å². The van der Waals surface area contributed by atoms with Crippen LogP contribution in [-0.4, -0.2) is 15.5 Å². The number of aromatic nitrogens is 2. The molecular formula is C24H27N3O2. The topological polar surface area (TPSA) is 64.0 Å². The molecule has 1 aliphatic heterocycles. The van der Waals surface area contributed by atoms with Crippen molar-refractivity contribution in [2.75, 3.05) is 5.32 Å². The van der Waals surface area contributed by atoms with E-state index in [0.29, 0.717) is 22.4 Å². The largest absolute Gasteiger partial charge is 0.322 e. The highest BCUT2D eigenvalue weighted by molar-refractivity contribution is 6.06. The molecule has 0 fully saturated rings. The van der Waals surface area contributed by atoms with Crippen LogP contribution in [0.5, 0.6) is 0 Å². The van der Waals surface area contributed by atoms with Crippen molar-refractivity contribution in [3.8, 4) is 0 Å². The highest BCUT2D eigenvalue weighted by Crippen LogP contribution is 2.27. The maximum Gasteiger partial charge on any atom is 0.261 e. The van der Waals surface area contributed by atoms with Gasteiger partial charge in [-0.25, -0.2) is 4.98 Å². The molecule has 2 aromatic carbocycles. The van der Waals surface area contributed by atoms with Crippen LogP contribution in [-0.2, 0) is 13.0 Å². The van der Waals surface area contributed by atoms with E-state index in [0.717, 1.165) is 55.7 Å². The molecule has 150 valence electrons. The summed E-state index contributed by atoms with van der Waals surface area (Å²) >= 11 is 0. The van der Waals surface area contributed by atoms with Crippen LogP contribution in [0, 0.1) is 0 Å².